The molecule has 0 bridgehead atoms. The topological polar surface area (TPSA) is 29.5 Å². The van der Waals surface area contributed by atoms with Crippen LogP contribution in [0.15, 0.2) is 40.9 Å². The van der Waals surface area contributed by atoms with Crippen LogP contribution in [-0.2, 0) is 6.42 Å². The summed E-state index contributed by atoms with van der Waals surface area (Å²) in [6, 6.07) is 12.2. The summed E-state index contributed by atoms with van der Waals surface area (Å²) in [6.45, 7) is 2.17. The van der Waals surface area contributed by atoms with Crippen molar-refractivity contribution in [2.24, 2.45) is 0 Å². The molecule has 1 aliphatic heterocycles. The van der Waals surface area contributed by atoms with Crippen molar-refractivity contribution in [1.82, 2.24) is 0 Å². The number of para-hydroxylation sites is 1. The molecular formula is C16H15BrO2. The lowest BCUT2D eigenvalue weighted by molar-refractivity contribution is 0.272. The van der Waals surface area contributed by atoms with E-state index in [1.54, 1.807) is 0 Å². The summed E-state index contributed by atoms with van der Waals surface area (Å²) in [4.78, 5) is 0. The van der Waals surface area contributed by atoms with Crippen molar-refractivity contribution >= 4 is 15.9 Å². The molecule has 0 spiro atoms. The maximum Gasteiger partial charge on any atom is 0.132 e. The van der Waals surface area contributed by atoms with E-state index in [0.717, 1.165) is 28.0 Å². The minimum absolute atomic E-state index is 0.122. The van der Waals surface area contributed by atoms with E-state index in [-0.39, 0.29) is 12.5 Å². The summed E-state index contributed by atoms with van der Waals surface area (Å²) in [7, 11) is 0. The monoisotopic (exact) mass is 318 g/mol. The van der Waals surface area contributed by atoms with Crippen LogP contribution in [0.1, 0.15) is 29.5 Å². The number of ether oxygens (including phenoxy) is 1. The SMILES string of the molecule is CC(CO)c1cc2c(cc1Br)Oc1ccccc1C2. The van der Waals surface area contributed by atoms with E-state index >= 15 is 0 Å². The number of hydrogen-bond donors (Lipinski definition) is 1. The molecule has 0 saturated carbocycles. The van der Waals surface area contributed by atoms with E-state index in [1.807, 2.05) is 31.2 Å². The molecule has 1 atom stereocenters. The fraction of sp³-hybridized carbons (Fsp3) is 0.250. The number of benzene rings is 2. The van der Waals surface area contributed by atoms with Crippen molar-refractivity contribution in [3.8, 4) is 11.5 Å². The molecule has 1 N–H and O–H groups in total. The minimum atomic E-state index is 0.122. The molecule has 2 aromatic carbocycles. The zero-order valence-electron chi connectivity index (χ0n) is 10.7. The molecule has 0 radical (unpaired) electrons. The van der Waals surface area contributed by atoms with Gasteiger partial charge in [0.05, 0.1) is 0 Å². The Morgan fingerprint density at radius 2 is 2.00 bits per heavy atom. The fourth-order valence-electron chi connectivity index (χ4n) is 2.40. The Morgan fingerprint density at radius 1 is 1.21 bits per heavy atom. The minimum Gasteiger partial charge on any atom is -0.457 e. The first kappa shape index (κ1) is 12.7. The van der Waals surface area contributed by atoms with Gasteiger partial charge in [0.2, 0.25) is 0 Å². The van der Waals surface area contributed by atoms with E-state index in [2.05, 4.69) is 28.1 Å². The first-order chi connectivity index (χ1) is 9.19. The largest absolute Gasteiger partial charge is 0.457 e. The molecule has 98 valence electrons. The molecule has 3 heteroatoms. The van der Waals surface area contributed by atoms with Gasteiger partial charge in [-0.3, -0.25) is 0 Å². The molecule has 0 aliphatic carbocycles. The van der Waals surface area contributed by atoms with Crippen molar-refractivity contribution in [2.75, 3.05) is 6.61 Å². The molecule has 0 fully saturated rings. The highest BCUT2D eigenvalue weighted by atomic mass is 79.9. The van der Waals surface area contributed by atoms with Crippen LogP contribution in [0.3, 0.4) is 0 Å². The standard InChI is InChI=1S/C16H15BrO2/c1-10(9-18)13-7-12-6-11-4-2-3-5-15(11)19-16(12)8-14(13)17/h2-5,7-8,10,18H,6,9H2,1H3. The zero-order valence-corrected chi connectivity index (χ0v) is 12.3. The van der Waals surface area contributed by atoms with Gasteiger partial charge in [-0.1, -0.05) is 47.1 Å². The van der Waals surface area contributed by atoms with Gasteiger partial charge in [-0.2, -0.15) is 0 Å². The summed E-state index contributed by atoms with van der Waals surface area (Å²) in [5, 5.41) is 9.32. The Kier molecular flexibility index (Phi) is 3.33. The highest BCUT2D eigenvalue weighted by Crippen LogP contribution is 2.40. The number of halogens is 1. The van der Waals surface area contributed by atoms with Crippen LogP contribution in [0, 0.1) is 0 Å². The normalized spacial score (nSPS) is 14.3. The van der Waals surface area contributed by atoms with Gasteiger partial charge in [-0.05, 0) is 28.8 Å². The third-order valence-corrected chi connectivity index (χ3v) is 4.24. The van der Waals surface area contributed by atoms with Gasteiger partial charge in [-0.15, -0.1) is 0 Å². The van der Waals surface area contributed by atoms with E-state index in [1.165, 1.54) is 11.1 Å². The molecular weight excluding hydrogens is 304 g/mol. The second-order valence-corrected chi connectivity index (χ2v) is 5.81. The molecule has 2 aromatic rings. The molecule has 1 unspecified atom stereocenters. The first-order valence-electron chi connectivity index (χ1n) is 6.38. The molecule has 0 saturated heterocycles. The lowest BCUT2D eigenvalue weighted by atomic mass is 9.94. The van der Waals surface area contributed by atoms with Crippen LogP contribution >= 0.6 is 15.9 Å². The molecule has 2 nitrogen and oxygen atoms in total. The van der Waals surface area contributed by atoms with Crippen LogP contribution in [0.25, 0.3) is 0 Å². The summed E-state index contributed by atoms with van der Waals surface area (Å²) < 4.78 is 6.93. The van der Waals surface area contributed by atoms with Gasteiger partial charge in [0.1, 0.15) is 11.5 Å². The molecule has 1 aliphatic rings. The summed E-state index contributed by atoms with van der Waals surface area (Å²) in [5.41, 5.74) is 3.52. The zero-order chi connectivity index (χ0) is 13.4. The van der Waals surface area contributed by atoms with E-state index < -0.39 is 0 Å². The van der Waals surface area contributed by atoms with E-state index in [9.17, 15) is 5.11 Å². The molecule has 3 rings (SSSR count). The number of rotatable bonds is 2. The number of aliphatic hydroxyl groups excluding tert-OH is 1. The summed E-state index contributed by atoms with van der Waals surface area (Å²) in [5.74, 6) is 1.96. The molecule has 0 amide bonds. The third kappa shape index (κ3) is 2.28. The van der Waals surface area contributed by atoms with Gasteiger partial charge in [-0.25, -0.2) is 0 Å². The van der Waals surface area contributed by atoms with Crippen LogP contribution < -0.4 is 4.74 Å². The van der Waals surface area contributed by atoms with Gasteiger partial charge in [0, 0.05) is 23.4 Å². The Labute approximate surface area is 121 Å². The van der Waals surface area contributed by atoms with Gasteiger partial charge in [0.15, 0.2) is 0 Å². The number of hydrogen-bond acceptors (Lipinski definition) is 2. The highest BCUT2D eigenvalue weighted by Gasteiger charge is 2.20. The Morgan fingerprint density at radius 3 is 2.79 bits per heavy atom. The Balaban J connectivity index is 2.04. The summed E-state index contributed by atoms with van der Waals surface area (Å²) in [6.07, 6.45) is 0.879. The molecule has 19 heavy (non-hydrogen) atoms. The predicted octanol–water partition coefficient (Wildman–Crippen LogP) is 4.24. The number of fused-ring (bicyclic) bond motifs is 2. The van der Waals surface area contributed by atoms with Crippen molar-refractivity contribution < 1.29 is 9.84 Å². The Bertz CT molecular complexity index is 622. The summed E-state index contributed by atoms with van der Waals surface area (Å²) >= 11 is 3.57. The quantitative estimate of drug-likeness (QED) is 0.765. The van der Waals surface area contributed by atoms with Gasteiger partial charge >= 0.3 is 0 Å². The maximum absolute atomic E-state index is 9.32. The van der Waals surface area contributed by atoms with Crippen LogP contribution in [-0.4, -0.2) is 11.7 Å². The van der Waals surface area contributed by atoms with E-state index in [0.29, 0.717) is 0 Å². The van der Waals surface area contributed by atoms with Crippen LogP contribution in [0.5, 0.6) is 11.5 Å². The lowest BCUT2D eigenvalue weighted by Crippen LogP contribution is -2.06. The average molecular weight is 319 g/mol. The van der Waals surface area contributed by atoms with Crippen molar-refractivity contribution in [2.45, 2.75) is 19.3 Å². The smallest absolute Gasteiger partial charge is 0.132 e. The average Bonchev–Trinajstić information content (AvgIpc) is 2.43. The second-order valence-electron chi connectivity index (χ2n) is 4.95. The van der Waals surface area contributed by atoms with Crippen molar-refractivity contribution in [3.05, 3.63) is 57.6 Å². The van der Waals surface area contributed by atoms with Gasteiger partial charge < -0.3 is 9.84 Å². The number of aliphatic hydroxyl groups is 1. The third-order valence-electron chi connectivity index (χ3n) is 3.56. The van der Waals surface area contributed by atoms with Gasteiger partial charge in [0.25, 0.3) is 0 Å². The van der Waals surface area contributed by atoms with Crippen LogP contribution in [0.4, 0.5) is 0 Å². The second kappa shape index (κ2) is 4.99. The first-order valence-corrected chi connectivity index (χ1v) is 7.17. The van der Waals surface area contributed by atoms with Crippen molar-refractivity contribution in [3.63, 3.8) is 0 Å². The van der Waals surface area contributed by atoms with Crippen LogP contribution in [0.2, 0.25) is 0 Å². The molecule has 1 heterocycles. The van der Waals surface area contributed by atoms with Crippen molar-refractivity contribution in [1.29, 1.82) is 0 Å². The Hall–Kier alpha value is -1.32. The van der Waals surface area contributed by atoms with E-state index in [4.69, 9.17) is 4.74 Å². The maximum atomic E-state index is 9.32. The molecule has 0 aromatic heterocycles. The highest BCUT2D eigenvalue weighted by molar-refractivity contribution is 9.10. The fourth-order valence-corrected chi connectivity index (χ4v) is 3.11. The lowest BCUT2D eigenvalue weighted by Gasteiger charge is -2.22. The predicted molar refractivity (Wildman–Crippen MR) is 79.0 cm³/mol.